The minimum absolute atomic E-state index is 0.0353. The van der Waals surface area contributed by atoms with Crippen LogP contribution in [-0.4, -0.2) is 31.9 Å². The Labute approximate surface area is 160 Å². The lowest BCUT2D eigenvalue weighted by Gasteiger charge is -2.31. The lowest BCUT2D eigenvalue weighted by molar-refractivity contribution is 0.0696. The molecule has 0 spiro atoms. The van der Waals surface area contributed by atoms with Gasteiger partial charge in [-0.3, -0.25) is 4.68 Å². The Morgan fingerprint density at radius 2 is 2.11 bits per heavy atom. The molecule has 1 fully saturated rings. The number of rotatable bonds is 6. The zero-order chi connectivity index (χ0) is 19.6. The molecule has 6 nitrogen and oxygen atoms in total. The van der Waals surface area contributed by atoms with E-state index < -0.39 is 12.4 Å². The number of carboxylic acids is 1. The predicted molar refractivity (Wildman–Crippen MR) is 97.7 cm³/mol. The summed E-state index contributed by atoms with van der Waals surface area (Å²) >= 11 is 6.03. The average Bonchev–Trinajstić information content (AvgIpc) is 3.11. The van der Waals surface area contributed by atoms with Gasteiger partial charge in [-0.2, -0.15) is 5.10 Å². The lowest BCUT2D eigenvalue weighted by atomic mass is 9.90. The van der Waals surface area contributed by atoms with Gasteiger partial charge in [-0.15, -0.1) is 0 Å². The fourth-order valence-electron chi connectivity index (χ4n) is 3.66. The van der Waals surface area contributed by atoms with Crippen molar-refractivity contribution >= 4 is 23.3 Å². The summed E-state index contributed by atoms with van der Waals surface area (Å²) in [6.07, 6.45) is 2.10. The number of aryl methyl sites for hydroxylation is 1. The Kier molecular flexibility index (Phi) is 5.94. The maximum Gasteiger partial charge on any atom is 0.339 e. The first-order valence-electron chi connectivity index (χ1n) is 8.91. The third kappa shape index (κ3) is 4.21. The number of nitrogens with one attached hydrogen (secondary N) is 1. The Bertz CT molecular complexity index is 820. The van der Waals surface area contributed by atoms with Crippen LogP contribution in [0.1, 0.15) is 66.8 Å². The molecular formula is C18H21ClF2N4O2. The number of halogens is 3. The van der Waals surface area contributed by atoms with Crippen molar-refractivity contribution in [2.24, 2.45) is 0 Å². The van der Waals surface area contributed by atoms with Crippen molar-refractivity contribution in [1.82, 2.24) is 14.8 Å². The molecule has 0 aliphatic heterocycles. The monoisotopic (exact) mass is 398 g/mol. The highest BCUT2D eigenvalue weighted by Crippen LogP contribution is 2.34. The summed E-state index contributed by atoms with van der Waals surface area (Å²) in [6.45, 7) is 1.82. The second kappa shape index (κ2) is 8.21. The second-order valence-corrected chi connectivity index (χ2v) is 7.01. The second-order valence-electron chi connectivity index (χ2n) is 6.62. The number of aromatic carboxylic acids is 1. The van der Waals surface area contributed by atoms with E-state index in [1.807, 2.05) is 6.92 Å². The summed E-state index contributed by atoms with van der Waals surface area (Å²) in [6, 6.07) is 2.83. The van der Waals surface area contributed by atoms with E-state index in [2.05, 4.69) is 15.4 Å². The molecule has 0 amide bonds. The summed E-state index contributed by atoms with van der Waals surface area (Å²) in [5, 5.41) is 17.1. The first-order chi connectivity index (χ1) is 12.9. The van der Waals surface area contributed by atoms with Gasteiger partial charge in [-0.25, -0.2) is 18.6 Å². The van der Waals surface area contributed by atoms with E-state index in [1.54, 1.807) is 0 Å². The largest absolute Gasteiger partial charge is 0.478 e. The number of carbonyl (C=O) groups is 1. The summed E-state index contributed by atoms with van der Waals surface area (Å²) in [5.74, 6) is -1.05. The molecule has 3 rings (SSSR count). The standard InChI is InChI=1S/C18H21ClF2N4O2/c1-2-12-16(18(26)27)13(9-15(19)24-12)23-10-3-5-11(6-4-10)25-14(17(20)21)7-8-22-25/h7-11,17H,2-6H2,1H3,(H,23,24)(H,26,27). The molecule has 0 bridgehead atoms. The van der Waals surface area contributed by atoms with Gasteiger partial charge in [0.1, 0.15) is 16.4 Å². The molecule has 27 heavy (non-hydrogen) atoms. The Balaban J connectivity index is 1.72. The van der Waals surface area contributed by atoms with E-state index in [0.717, 1.165) is 0 Å². The van der Waals surface area contributed by atoms with Gasteiger partial charge in [0.25, 0.3) is 6.43 Å². The summed E-state index contributed by atoms with van der Waals surface area (Å²) in [5.41, 5.74) is 0.962. The SMILES string of the molecule is CCc1nc(Cl)cc(NC2CCC(n3nccc3C(F)F)CC2)c1C(=O)O. The van der Waals surface area contributed by atoms with Gasteiger partial charge in [-0.05, 0) is 44.2 Å². The van der Waals surface area contributed by atoms with Crippen LogP contribution in [0.3, 0.4) is 0 Å². The highest BCUT2D eigenvalue weighted by Gasteiger charge is 2.27. The molecule has 0 radical (unpaired) electrons. The lowest BCUT2D eigenvalue weighted by Crippen LogP contribution is -2.29. The van der Waals surface area contributed by atoms with Gasteiger partial charge < -0.3 is 10.4 Å². The highest BCUT2D eigenvalue weighted by atomic mass is 35.5. The molecule has 1 saturated carbocycles. The molecule has 2 aromatic heterocycles. The molecule has 9 heteroatoms. The Morgan fingerprint density at radius 3 is 2.70 bits per heavy atom. The fourth-order valence-corrected chi connectivity index (χ4v) is 3.87. The fraction of sp³-hybridized carbons (Fsp3) is 0.500. The maximum absolute atomic E-state index is 13.1. The van der Waals surface area contributed by atoms with Crippen molar-refractivity contribution < 1.29 is 18.7 Å². The number of hydrogen-bond donors (Lipinski definition) is 2. The van der Waals surface area contributed by atoms with Gasteiger partial charge >= 0.3 is 5.97 Å². The number of anilines is 1. The number of alkyl halides is 2. The van der Waals surface area contributed by atoms with Crippen LogP contribution in [0.25, 0.3) is 0 Å². The minimum Gasteiger partial charge on any atom is -0.478 e. The van der Waals surface area contributed by atoms with Gasteiger partial charge in [0.2, 0.25) is 0 Å². The minimum atomic E-state index is -2.55. The first-order valence-corrected chi connectivity index (χ1v) is 9.29. The summed E-state index contributed by atoms with van der Waals surface area (Å²) in [4.78, 5) is 15.8. The van der Waals surface area contributed by atoms with Crippen LogP contribution in [-0.2, 0) is 6.42 Å². The van der Waals surface area contributed by atoms with Crippen molar-refractivity contribution in [2.75, 3.05) is 5.32 Å². The zero-order valence-corrected chi connectivity index (χ0v) is 15.6. The van der Waals surface area contributed by atoms with Crippen LogP contribution in [0.5, 0.6) is 0 Å². The number of aromatic nitrogens is 3. The van der Waals surface area contributed by atoms with Gasteiger partial charge in [0, 0.05) is 12.2 Å². The molecule has 0 atom stereocenters. The highest BCUT2D eigenvalue weighted by molar-refractivity contribution is 6.29. The quantitative estimate of drug-likeness (QED) is 0.688. The Hall–Kier alpha value is -2.22. The van der Waals surface area contributed by atoms with Crippen molar-refractivity contribution in [3.63, 3.8) is 0 Å². The molecule has 2 heterocycles. The molecule has 2 N–H and O–H groups in total. The smallest absolute Gasteiger partial charge is 0.339 e. The number of carboxylic acid groups (broad SMARTS) is 1. The normalized spacial score (nSPS) is 20.0. The van der Waals surface area contributed by atoms with E-state index in [0.29, 0.717) is 43.5 Å². The van der Waals surface area contributed by atoms with Crippen molar-refractivity contribution in [2.45, 2.75) is 57.5 Å². The van der Waals surface area contributed by atoms with Crippen molar-refractivity contribution in [1.29, 1.82) is 0 Å². The average molecular weight is 399 g/mol. The van der Waals surface area contributed by atoms with Crippen LogP contribution in [0.4, 0.5) is 14.5 Å². The number of hydrogen-bond acceptors (Lipinski definition) is 4. The molecule has 0 aromatic carbocycles. The van der Waals surface area contributed by atoms with E-state index in [4.69, 9.17) is 11.6 Å². The van der Waals surface area contributed by atoms with Gasteiger partial charge in [0.05, 0.1) is 17.4 Å². The molecular weight excluding hydrogens is 378 g/mol. The summed E-state index contributed by atoms with van der Waals surface area (Å²) < 4.78 is 27.5. The number of pyridine rings is 1. The van der Waals surface area contributed by atoms with E-state index in [1.165, 1.54) is 23.0 Å². The first kappa shape index (κ1) is 19.5. The Morgan fingerprint density at radius 1 is 1.41 bits per heavy atom. The molecule has 1 aliphatic rings. The van der Waals surface area contributed by atoms with Crippen molar-refractivity contribution in [3.8, 4) is 0 Å². The summed E-state index contributed by atoms with van der Waals surface area (Å²) in [7, 11) is 0. The van der Waals surface area contributed by atoms with Crippen LogP contribution < -0.4 is 5.32 Å². The topological polar surface area (TPSA) is 80.0 Å². The molecule has 2 aromatic rings. The number of nitrogens with zero attached hydrogens (tertiary/aromatic N) is 3. The predicted octanol–water partition coefficient (Wildman–Crippen LogP) is 4.73. The third-order valence-electron chi connectivity index (χ3n) is 4.94. The zero-order valence-electron chi connectivity index (χ0n) is 14.8. The molecule has 0 unspecified atom stereocenters. The maximum atomic E-state index is 13.1. The van der Waals surface area contributed by atoms with Crippen LogP contribution in [0, 0.1) is 0 Å². The molecule has 146 valence electrons. The van der Waals surface area contributed by atoms with Crippen molar-refractivity contribution in [3.05, 3.63) is 40.4 Å². The van der Waals surface area contributed by atoms with Crippen LogP contribution >= 0.6 is 11.6 Å². The van der Waals surface area contributed by atoms with E-state index >= 15 is 0 Å². The van der Waals surface area contributed by atoms with Crippen LogP contribution in [0.2, 0.25) is 5.15 Å². The van der Waals surface area contributed by atoms with E-state index in [9.17, 15) is 18.7 Å². The van der Waals surface area contributed by atoms with Gasteiger partial charge in [0.15, 0.2) is 0 Å². The van der Waals surface area contributed by atoms with Gasteiger partial charge in [-0.1, -0.05) is 18.5 Å². The van der Waals surface area contributed by atoms with Crippen LogP contribution in [0.15, 0.2) is 18.3 Å². The third-order valence-corrected chi connectivity index (χ3v) is 5.13. The van der Waals surface area contributed by atoms with E-state index in [-0.39, 0.29) is 28.5 Å². The molecule has 0 saturated heterocycles. The molecule has 1 aliphatic carbocycles.